The number of nitrogens with zero attached hydrogens (tertiary/aromatic N) is 3. The van der Waals surface area contributed by atoms with Crippen molar-refractivity contribution < 1.29 is 21.6 Å². The molecule has 0 unspecified atom stereocenters. The van der Waals surface area contributed by atoms with Crippen LogP contribution in [0.5, 0.6) is 0 Å². The molecule has 14 heteroatoms. The lowest BCUT2D eigenvalue weighted by molar-refractivity contribution is 0.444. The molecule has 2 aromatic heterocycles. The molecule has 37 heavy (non-hydrogen) atoms. The topological polar surface area (TPSA) is 136 Å². The molecular weight excluding hydrogens is 515 g/mol. The molecule has 2 aromatic carbocycles. The summed E-state index contributed by atoms with van der Waals surface area (Å²) in [5, 5.41) is 2.71. The van der Waals surface area contributed by atoms with Crippen molar-refractivity contribution in [3.8, 4) is 0 Å². The van der Waals surface area contributed by atoms with Gasteiger partial charge in [0.05, 0.1) is 18.0 Å². The second kappa shape index (κ2) is 9.89. The number of hydrogen-bond donors (Lipinski definition) is 2. The Morgan fingerprint density at radius 1 is 0.946 bits per heavy atom. The zero-order valence-corrected chi connectivity index (χ0v) is 19.9. The minimum Gasteiger partial charge on any atom is -0.329 e. The van der Waals surface area contributed by atoms with Gasteiger partial charge in [-0.2, -0.15) is 4.98 Å². The summed E-state index contributed by atoms with van der Waals surface area (Å²) >= 11 is 0. The van der Waals surface area contributed by atoms with Crippen molar-refractivity contribution in [2.75, 3.05) is 11.6 Å². The molecule has 0 aliphatic heterocycles. The summed E-state index contributed by atoms with van der Waals surface area (Å²) in [7, 11) is -3.49. The quantitative estimate of drug-likeness (QED) is 0.346. The Balaban J connectivity index is 1.83. The van der Waals surface area contributed by atoms with E-state index in [0.29, 0.717) is 16.7 Å². The number of H-pyrrole nitrogens is 1. The third kappa shape index (κ3) is 5.53. The van der Waals surface area contributed by atoms with E-state index in [1.54, 1.807) is 0 Å². The highest BCUT2D eigenvalue weighted by molar-refractivity contribution is 7.90. The zero-order valence-electron chi connectivity index (χ0n) is 19.0. The molecule has 0 bridgehead atoms. The fraction of sp³-hybridized carbons (Fsp3) is 0.130. The van der Waals surface area contributed by atoms with Gasteiger partial charge in [0.15, 0.2) is 27.3 Å². The number of rotatable bonds is 7. The lowest BCUT2D eigenvalue weighted by Crippen LogP contribution is -2.43. The second-order valence-electron chi connectivity index (χ2n) is 7.99. The highest BCUT2D eigenvalue weighted by Crippen LogP contribution is 2.19. The highest BCUT2D eigenvalue weighted by atomic mass is 32.2. The summed E-state index contributed by atoms with van der Waals surface area (Å²) in [6, 6.07) is 9.56. The molecule has 0 aliphatic carbocycles. The summed E-state index contributed by atoms with van der Waals surface area (Å²) in [5.74, 6) is -4.99. The molecule has 0 atom stereocenters. The highest BCUT2D eigenvalue weighted by Gasteiger charge is 2.18. The van der Waals surface area contributed by atoms with Gasteiger partial charge in [-0.1, -0.05) is 6.07 Å². The molecule has 192 valence electrons. The van der Waals surface area contributed by atoms with E-state index in [0.717, 1.165) is 10.8 Å². The summed E-state index contributed by atoms with van der Waals surface area (Å²) in [6.45, 7) is -0.981. The van der Waals surface area contributed by atoms with Crippen LogP contribution in [0.15, 0.2) is 74.0 Å². The molecule has 2 N–H and O–H groups in total. The van der Waals surface area contributed by atoms with Crippen LogP contribution in [0, 0.1) is 17.5 Å². The molecule has 10 nitrogen and oxygen atoms in total. The van der Waals surface area contributed by atoms with E-state index >= 15 is 0 Å². The molecule has 4 aromatic rings. The van der Waals surface area contributed by atoms with E-state index in [4.69, 9.17) is 0 Å². The number of benzene rings is 2. The van der Waals surface area contributed by atoms with Crippen molar-refractivity contribution >= 4 is 21.5 Å². The first-order valence-electron chi connectivity index (χ1n) is 10.5. The van der Waals surface area contributed by atoms with Crippen LogP contribution in [-0.2, 0) is 22.9 Å². The average molecular weight is 533 g/mol. The van der Waals surface area contributed by atoms with E-state index in [9.17, 15) is 36.0 Å². The molecule has 0 amide bonds. The monoisotopic (exact) mass is 533 g/mol. The first kappa shape index (κ1) is 25.6. The SMILES string of the molecule is CS(=O)(=O)c1ccc(Nc2nc(=O)n(Cc3ccc[nH]c3=O)c(=O)n2Cc2cc(F)c(F)c(F)c2)cc1. The number of nitrogens with one attached hydrogen (secondary N) is 2. The van der Waals surface area contributed by atoms with Gasteiger partial charge in [-0.25, -0.2) is 35.7 Å². The molecule has 0 aliphatic rings. The summed E-state index contributed by atoms with van der Waals surface area (Å²) in [6.07, 6.45) is 2.39. The van der Waals surface area contributed by atoms with Gasteiger partial charge in [0, 0.05) is 23.7 Å². The van der Waals surface area contributed by atoms with E-state index < -0.39 is 57.3 Å². The van der Waals surface area contributed by atoms with Crippen LogP contribution in [0.3, 0.4) is 0 Å². The summed E-state index contributed by atoms with van der Waals surface area (Å²) in [4.78, 5) is 44.4. The van der Waals surface area contributed by atoms with E-state index in [2.05, 4.69) is 15.3 Å². The maximum Gasteiger partial charge on any atom is 0.355 e. The molecular formula is C23H18F3N5O5S. The van der Waals surface area contributed by atoms with Gasteiger partial charge in [0.25, 0.3) is 5.56 Å². The maximum absolute atomic E-state index is 13.8. The minimum atomic E-state index is -3.49. The number of aromatic amines is 1. The van der Waals surface area contributed by atoms with Gasteiger partial charge in [-0.15, -0.1) is 0 Å². The summed E-state index contributed by atoms with van der Waals surface area (Å²) < 4.78 is 66.0. The van der Waals surface area contributed by atoms with E-state index in [1.165, 1.54) is 42.6 Å². The predicted octanol–water partition coefficient (Wildman–Crippen LogP) is 1.75. The number of aromatic nitrogens is 4. The standard InChI is InChI=1S/C23H18F3N5O5S/c1-37(35,36)16-6-4-15(5-7-16)28-21-29-22(33)31(12-14-3-2-8-27-20(14)32)23(34)30(21)11-13-9-17(24)19(26)18(25)10-13/h2-10H,11-12H2,1H3,(H,27,32)(H,28,29,33). The van der Waals surface area contributed by atoms with Crippen molar-refractivity contribution in [2.45, 2.75) is 18.0 Å². The van der Waals surface area contributed by atoms with Crippen molar-refractivity contribution in [2.24, 2.45) is 0 Å². The molecule has 0 saturated heterocycles. The Bertz CT molecular complexity index is 1760. The first-order chi connectivity index (χ1) is 17.4. The maximum atomic E-state index is 13.8. The number of anilines is 2. The summed E-state index contributed by atoms with van der Waals surface area (Å²) in [5.41, 5.74) is -2.40. The van der Waals surface area contributed by atoms with Gasteiger partial charge in [-0.3, -0.25) is 9.36 Å². The molecule has 0 fully saturated rings. The molecule has 4 rings (SSSR count). The Labute approximate surface area is 206 Å². The van der Waals surface area contributed by atoms with Crippen LogP contribution in [0.25, 0.3) is 0 Å². The smallest absolute Gasteiger partial charge is 0.329 e. The average Bonchev–Trinajstić information content (AvgIpc) is 2.83. The number of pyridine rings is 1. The van der Waals surface area contributed by atoms with Crippen LogP contribution in [0.4, 0.5) is 24.8 Å². The van der Waals surface area contributed by atoms with Crippen LogP contribution in [-0.4, -0.2) is 33.8 Å². The van der Waals surface area contributed by atoms with E-state index in [-0.39, 0.29) is 27.7 Å². The largest absolute Gasteiger partial charge is 0.355 e. The third-order valence-electron chi connectivity index (χ3n) is 5.30. The van der Waals surface area contributed by atoms with Crippen LogP contribution in [0.1, 0.15) is 11.1 Å². The first-order valence-corrected chi connectivity index (χ1v) is 12.4. The van der Waals surface area contributed by atoms with Gasteiger partial charge in [0.1, 0.15) is 0 Å². The molecule has 2 heterocycles. The van der Waals surface area contributed by atoms with Gasteiger partial charge in [0.2, 0.25) is 5.95 Å². The van der Waals surface area contributed by atoms with Crippen LogP contribution < -0.4 is 22.3 Å². The van der Waals surface area contributed by atoms with Crippen molar-refractivity contribution in [3.63, 3.8) is 0 Å². The Morgan fingerprint density at radius 3 is 2.19 bits per heavy atom. The minimum absolute atomic E-state index is 0.0177. The Kier molecular flexibility index (Phi) is 6.85. The number of sulfone groups is 1. The van der Waals surface area contributed by atoms with Crippen LogP contribution >= 0.6 is 0 Å². The Hall–Kier alpha value is -4.46. The van der Waals surface area contributed by atoms with Crippen molar-refractivity contribution in [1.82, 2.24) is 19.1 Å². The Morgan fingerprint density at radius 2 is 1.59 bits per heavy atom. The second-order valence-corrected chi connectivity index (χ2v) is 10.0. The normalized spacial score (nSPS) is 11.5. The molecule has 0 spiro atoms. The fourth-order valence-electron chi connectivity index (χ4n) is 3.45. The van der Waals surface area contributed by atoms with Gasteiger partial charge >= 0.3 is 11.4 Å². The lowest BCUT2D eigenvalue weighted by atomic mass is 10.2. The predicted molar refractivity (Wildman–Crippen MR) is 127 cm³/mol. The van der Waals surface area contributed by atoms with E-state index in [1.807, 2.05) is 0 Å². The van der Waals surface area contributed by atoms with Crippen molar-refractivity contribution in [3.05, 3.63) is 115 Å². The molecule has 0 radical (unpaired) electrons. The zero-order chi connectivity index (χ0) is 26.9. The molecule has 0 saturated carbocycles. The van der Waals surface area contributed by atoms with Gasteiger partial charge < -0.3 is 10.3 Å². The van der Waals surface area contributed by atoms with Crippen molar-refractivity contribution in [1.29, 1.82) is 0 Å². The number of halogens is 3. The lowest BCUT2D eigenvalue weighted by Gasteiger charge is -2.16. The van der Waals surface area contributed by atoms with Crippen LogP contribution in [0.2, 0.25) is 0 Å². The third-order valence-corrected chi connectivity index (χ3v) is 6.43. The fourth-order valence-corrected chi connectivity index (χ4v) is 4.08. The number of hydrogen-bond acceptors (Lipinski definition) is 7. The van der Waals surface area contributed by atoms with Gasteiger partial charge in [-0.05, 0) is 48.0 Å².